The molecule has 0 atom stereocenters. The fraction of sp³-hybridized carbons (Fsp3) is 0.261. The molecule has 0 saturated carbocycles. The lowest BCUT2D eigenvalue weighted by atomic mass is 10.2. The van der Waals surface area contributed by atoms with Crippen molar-refractivity contribution in [2.24, 2.45) is 0 Å². The highest BCUT2D eigenvalue weighted by Crippen LogP contribution is 2.30. The standard InChI is InChI=1S/C23H25N5O2S/c1-16-15-25-23(26-18-5-7-19(8-6-18)28-11-13-30-14-12-28)27-22(16)31-20-9-3-17(4-10-20)21(29)24-2/h3-10,15H,11-14H2,1-2H3,(H,24,29)(H,25,26,27). The van der Waals surface area contributed by atoms with Gasteiger partial charge >= 0.3 is 0 Å². The van der Waals surface area contributed by atoms with Gasteiger partial charge in [-0.2, -0.15) is 0 Å². The Balaban J connectivity index is 1.44. The summed E-state index contributed by atoms with van der Waals surface area (Å²) in [6.07, 6.45) is 1.82. The van der Waals surface area contributed by atoms with Crippen LogP contribution in [0.3, 0.4) is 0 Å². The van der Waals surface area contributed by atoms with E-state index in [1.807, 2.05) is 49.5 Å². The minimum Gasteiger partial charge on any atom is -0.378 e. The Morgan fingerprint density at radius 2 is 1.77 bits per heavy atom. The van der Waals surface area contributed by atoms with Gasteiger partial charge in [0, 0.05) is 53.7 Å². The Kier molecular flexibility index (Phi) is 6.69. The Labute approximate surface area is 186 Å². The number of nitrogens with one attached hydrogen (secondary N) is 2. The van der Waals surface area contributed by atoms with Crippen molar-refractivity contribution in [1.82, 2.24) is 15.3 Å². The summed E-state index contributed by atoms with van der Waals surface area (Å²) in [6, 6.07) is 15.8. The van der Waals surface area contributed by atoms with E-state index in [1.54, 1.807) is 18.8 Å². The molecule has 4 rings (SSSR count). The van der Waals surface area contributed by atoms with Crippen molar-refractivity contribution in [3.8, 4) is 0 Å². The van der Waals surface area contributed by atoms with Gasteiger partial charge in [0.25, 0.3) is 5.91 Å². The van der Waals surface area contributed by atoms with Crippen LogP contribution in [-0.4, -0.2) is 49.2 Å². The van der Waals surface area contributed by atoms with Crippen LogP contribution in [0.1, 0.15) is 15.9 Å². The van der Waals surface area contributed by atoms with E-state index in [0.29, 0.717) is 11.5 Å². The molecule has 0 radical (unpaired) electrons. The van der Waals surface area contributed by atoms with E-state index in [9.17, 15) is 4.79 Å². The quantitative estimate of drug-likeness (QED) is 0.569. The van der Waals surface area contributed by atoms with Crippen molar-refractivity contribution >= 4 is 35.0 Å². The molecule has 0 unspecified atom stereocenters. The average molecular weight is 436 g/mol. The van der Waals surface area contributed by atoms with Gasteiger partial charge in [-0.3, -0.25) is 4.79 Å². The molecule has 0 spiro atoms. The predicted octanol–water partition coefficient (Wildman–Crippen LogP) is 3.88. The molecule has 3 aromatic rings. The Hall–Kier alpha value is -3.10. The van der Waals surface area contributed by atoms with Crippen molar-refractivity contribution in [3.05, 3.63) is 65.9 Å². The molecule has 1 amide bonds. The molecule has 1 saturated heterocycles. The van der Waals surface area contributed by atoms with Crippen LogP contribution in [0.4, 0.5) is 17.3 Å². The molecular formula is C23H25N5O2S. The van der Waals surface area contributed by atoms with Crippen LogP contribution in [-0.2, 0) is 4.74 Å². The first kappa shape index (κ1) is 21.1. The van der Waals surface area contributed by atoms with Gasteiger partial charge in [-0.15, -0.1) is 0 Å². The normalized spacial score (nSPS) is 13.7. The second-order valence-electron chi connectivity index (χ2n) is 7.16. The zero-order valence-corrected chi connectivity index (χ0v) is 18.4. The van der Waals surface area contributed by atoms with Gasteiger partial charge in [0.15, 0.2) is 0 Å². The summed E-state index contributed by atoms with van der Waals surface area (Å²) in [5.74, 6) is 0.454. The monoisotopic (exact) mass is 435 g/mol. The summed E-state index contributed by atoms with van der Waals surface area (Å²) in [6.45, 7) is 5.36. The number of ether oxygens (including phenoxy) is 1. The minimum absolute atomic E-state index is 0.0964. The lowest BCUT2D eigenvalue weighted by Crippen LogP contribution is -2.36. The van der Waals surface area contributed by atoms with Crippen LogP contribution >= 0.6 is 11.8 Å². The second-order valence-corrected chi connectivity index (χ2v) is 8.22. The molecule has 1 aliphatic heterocycles. The van der Waals surface area contributed by atoms with Gasteiger partial charge in [-0.05, 0) is 55.5 Å². The number of aryl methyl sites for hydroxylation is 1. The maximum Gasteiger partial charge on any atom is 0.251 e. The second kappa shape index (κ2) is 9.80. The van der Waals surface area contributed by atoms with Crippen molar-refractivity contribution < 1.29 is 9.53 Å². The highest BCUT2D eigenvalue weighted by Gasteiger charge is 2.12. The van der Waals surface area contributed by atoms with E-state index in [0.717, 1.165) is 47.5 Å². The number of amides is 1. The third-order valence-corrected chi connectivity index (χ3v) is 6.10. The van der Waals surface area contributed by atoms with Crippen LogP contribution in [0.15, 0.2) is 64.6 Å². The number of rotatable bonds is 6. The number of aromatic nitrogens is 2. The summed E-state index contributed by atoms with van der Waals surface area (Å²) in [7, 11) is 1.62. The van der Waals surface area contributed by atoms with Gasteiger partial charge in [0.05, 0.1) is 13.2 Å². The smallest absolute Gasteiger partial charge is 0.251 e. The maximum atomic E-state index is 11.7. The number of hydrogen-bond donors (Lipinski definition) is 2. The Morgan fingerprint density at radius 1 is 1.06 bits per heavy atom. The first-order valence-corrected chi connectivity index (χ1v) is 11.0. The third kappa shape index (κ3) is 5.34. The van der Waals surface area contributed by atoms with E-state index in [1.165, 1.54) is 5.69 Å². The fourth-order valence-corrected chi connectivity index (χ4v) is 4.07. The number of nitrogens with zero attached hydrogens (tertiary/aromatic N) is 3. The highest BCUT2D eigenvalue weighted by atomic mass is 32.2. The Morgan fingerprint density at radius 3 is 2.45 bits per heavy atom. The van der Waals surface area contributed by atoms with Gasteiger partial charge in [0.1, 0.15) is 5.03 Å². The Bertz CT molecular complexity index is 1030. The number of carbonyl (C=O) groups excluding carboxylic acids is 1. The van der Waals surface area contributed by atoms with Gasteiger partial charge in [0.2, 0.25) is 5.95 Å². The van der Waals surface area contributed by atoms with Crippen molar-refractivity contribution in [1.29, 1.82) is 0 Å². The van der Waals surface area contributed by atoms with E-state index < -0.39 is 0 Å². The van der Waals surface area contributed by atoms with Crippen molar-refractivity contribution in [2.45, 2.75) is 16.8 Å². The SMILES string of the molecule is CNC(=O)c1ccc(Sc2nc(Nc3ccc(N4CCOCC4)cc3)ncc2C)cc1. The van der Waals surface area contributed by atoms with Crippen LogP contribution in [0, 0.1) is 6.92 Å². The zero-order valence-electron chi connectivity index (χ0n) is 17.6. The largest absolute Gasteiger partial charge is 0.378 e. The van der Waals surface area contributed by atoms with Crippen LogP contribution in [0.5, 0.6) is 0 Å². The molecule has 2 N–H and O–H groups in total. The fourth-order valence-electron chi connectivity index (χ4n) is 3.23. The summed E-state index contributed by atoms with van der Waals surface area (Å²) in [4.78, 5) is 24.1. The number of benzene rings is 2. The number of hydrogen-bond acceptors (Lipinski definition) is 7. The van der Waals surface area contributed by atoms with E-state index >= 15 is 0 Å². The topological polar surface area (TPSA) is 79.4 Å². The summed E-state index contributed by atoms with van der Waals surface area (Å²) >= 11 is 1.55. The third-order valence-electron chi connectivity index (χ3n) is 4.98. The highest BCUT2D eigenvalue weighted by molar-refractivity contribution is 7.99. The minimum atomic E-state index is -0.0964. The molecule has 2 aromatic carbocycles. The van der Waals surface area contributed by atoms with E-state index in [2.05, 4.69) is 37.6 Å². The molecule has 0 aliphatic carbocycles. The zero-order chi connectivity index (χ0) is 21.6. The molecule has 31 heavy (non-hydrogen) atoms. The van der Waals surface area contributed by atoms with Crippen LogP contribution in [0.2, 0.25) is 0 Å². The van der Waals surface area contributed by atoms with Gasteiger partial charge < -0.3 is 20.3 Å². The summed E-state index contributed by atoms with van der Waals surface area (Å²) in [5.41, 5.74) is 3.75. The molecular weight excluding hydrogens is 410 g/mol. The molecule has 7 nitrogen and oxygen atoms in total. The molecule has 1 aromatic heterocycles. The lowest BCUT2D eigenvalue weighted by molar-refractivity contribution is 0.0963. The molecule has 2 heterocycles. The number of carbonyl (C=O) groups is 1. The lowest BCUT2D eigenvalue weighted by Gasteiger charge is -2.28. The van der Waals surface area contributed by atoms with Crippen LogP contribution in [0.25, 0.3) is 0 Å². The average Bonchev–Trinajstić information content (AvgIpc) is 2.82. The first-order chi connectivity index (χ1) is 15.1. The van der Waals surface area contributed by atoms with Crippen molar-refractivity contribution in [3.63, 3.8) is 0 Å². The van der Waals surface area contributed by atoms with Gasteiger partial charge in [-0.25, -0.2) is 9.97 Å². The van der Waals surface area contributed by atoms with Gasteiger partial charge in [-0.1, -0.05) is 11.8 Å². The number of morpholine rings is 1. The van der Waals surface area contributed by atoms with Crippen LogP contribution < -0.4 is 15.5 Å². The molecule has 1 fully saturated rings. The van der Waals surface area contributed by atoms with Crippen molar-refractivity contribution in [2.75, 3.05) is 43.6 Å². The molecule has 1 aliphatic rings. The van der Waals surface area contributed by atoms with E-state index in [4.69, 9.17) is 4.74 Å². The molecule has 8 heteroatoms. The summed E-state index contributed by atoms with van der Waals surface area (Å²) < 4.78 is 5.42. The predicted molar refractivity (Wildman–Crippen MR) is 123 cm³/mol. The maximum absolute atomic E-state index is 11.7. The number of anilines is 3. The molecule has 0 bridgehead atoms. The van der Waals surface area contributed by atoms with E-state index in [-0.39, 0.29) is 5.91 Å². The summed E-state index contributed by atoms with van der Waals surface area (Å²) in [5, 5.41) is 6.79. The molecule has 160 valence electrons. The first-order valence-electron chi connectivity index (χ1n) is 10.2.